The van der Waals surface area contributed by atoms with Crippen LogP contribution in [-0.4, -0.2) is 10.1 Å². The van der Waals surface area contributed by atoms with Crippen LogP contribution in [0, 0.1) is 0 Å². The van der Waals surface area contributed by atoms with Gasteiger partial charge in [-0.15, -0.1) is 12.4 Å². The predicted octanol–water partition coefficient (Wildman–Crippen LogP) is 4.00. The van der Waals surface area contributed by atoms with E-state index in [1.165, 1.54) is 6.08 Å². The number of allylic oxidation sites excluding steroid dienone is 3. The highest BCUT2D eigenvalue weighted by Crippen LogP contribution is 2.39. The lowest BCUT2D eigenvalue weighted by Crippen LogP contribution is -2.40. The van der Waals surface area contributed by atoms with E-state index in [9.17, 15) is 5.11 Å². The Balaban J connectivity index is 0.00000225. The Morgan fingerprint density at radius 2 is 2.06 bits per heavy atom. The third-order valence-electron chi connectivity index (χ3n) is 2.41. The molecule has 3 N–H and O–H groups in total. The lowest BCUT2D eigenvalue weighted by Gasteiger charge is -2.29. The molecule has 1 unspecified atom stereocenters. The van der Waals surface area contributed by atoms with Crippen LogP contribution in [0.25, 0.3) is 0 Å². The molecule has 1 rings (SSSR count). The van der Waals surface area contributed by atoms with Gasteiger partial charge in [-0.2, -0.15) is 0 Å². The molecule has 0 aliphatic heterocycles. The topological polar surface area (TPSA) is 46.2 Å². The summed E-state index contributed by atoms with van der Waals surface area (Å²) in [6.45, 7) is 3.99. The molecule has 0 saturated heterocycles. The maximum absolute atomic E-state index is 9.61. The zero-order valence-electron chi connectivity index (χ0n) is 9.26. The number of aliphatic hydroxyl groups is 1. The van der Waals surface area contributed by atoms with Crippen molar-refractivity contribution in [2.24, 2.45) is 5.73 Å². The molecule has 5 heteroatoms. The summed E-state index contributed by atoms with van der Waals surface area (Å²) in [5.41, 5.74) is 7.48. The maximum Gasteiger partial charge on any atom is 0.175 e. The molecule has 0 aromatic rings. The number of nitrogens with two attached hydrogens (primary N) is 1. The molecule has 0 radical (unpaired) electrons. The molecule has 0 heterocycles. The highest BCUT2D eigenvalue weighted by Gasteiger charge is 2.36. The molecule has 2 nitrogen and oxygen atoms in total. The minimum Gasteiger partial charge on any atom is -0.509 e. The third-order valence-corrected chi connectivity index (χ3v) is 3.11. The first kappa shape index (κ1) is 15.9. The Bertz CT molecular complexity index is 356. The van der Waals surface area contributed by atoms with E-state index in [1.807, 2.05) is 6.92 Å². The van der Waals surface area contributed by atoms with Crippen molar-refractivity contribution in [2.45, 2.75) is 31.7 Å². The number of aliphatic hydroxyl groups excluding tert-OH is 1. The summed E-state index contributed by atoms with van der Waals surface area (Å²) < 4.78 is 0. The van der Waals surface area contributed by atoms with Gasteiger partial charge in [-0.1, -0.05) is 42.1 Å². The summed E-state index contributed by atoms with van der Waals surface area (Å²) in [6.07, 6.45) is 4.88. The van der Waals surface area contributed by atoms with Crippen LogP contribution in [-0.2, 0) is 0 Å². The maximum atomic E-state index is 9.61. The fraction of sp³-hybridized carbons (Fsp3) is 0.455. The minimum absolute atomic E-state index is 0. The molecule has 0 aromatic heterocycles. The van der Waals surface area contributed by atoms with Crippen molar-refractivity contribution in [1.82, 2.24) is 0 Å². The van der Waals surface area contributed by atoms with E-state index >= 15 is 0 Å². The average molecular weight is 285 g/mol. The van der Waals surface area contributed by atoms with Crippen LogP contribution < -0.4 is 5.73 Å². The van der Waals surface area contributed by atoms with Gasteiger partial charge in [0.15, 0.2) is 5.00 Å². The van der Waals surface area contributed by atoms with Gasteiger partial charge in [0.05, 0.1) is 0 Å². The van der Waals surface area contributed by atoms with Gasteiger partial charge in [0.1, 0.15) is 5.76 Å². The Morgan fingerprint density at radius 1 is 1.50 bits per heavy atom. The molecule has 1 aliphatic carbocycles. The van der Waals surface area contributed by atoms with E-state index in [1.54, 1.807) is 6.08 Å². The van der Waals surface area contributed by atoms with Crippen LogP contribution in [0.5, 0.6) is 0 Å². The van der Waals surface area contributed by atoms with E-state index in [0.717, 1.165) is 18.4 Å². The van der Waals surface area contributed by atoms with Crippen molar-refractivity contribution >= 4 is 35.6 Å². The van der Waals surface area contributed by atoms with Crippen LogP contribution in [0.1, 0.15) is 26.7 Å². The predicted molar refractivity (Wildman–Crippen MR) is 72.3 cm³/mol. The molecule has 16 heavy (non-hydrogen) atoms. The Hall–Kier alpha value is -0.150. The first-order valence-corrected chi connectivity index (χ1v) is 5.62. The molecule has 92 valence electrons. The van der Waals surface area contributed by atoms with Crippen molar-refractivity contribution in [3.63, 3.8) is 0 Å². The van der Waals surface area contributed by atoms with E-state index < -0.39 is 5.00 Å². The second-order valence-corrected chi connectivity index (χ2v) is 4.69. The van der Waals surface area contributed by atoms with Crippen molar-refractivity contribution in [3.05, 3.63) is 34.1 Å². The Labute approximate surface area is 112 Å². The molecular formula is C11H16Cl3NO. The van der Waals surface area contributed by atoms with Crippen LogP contribution in [0.15, 0.2) is 34.1 Å². The van der Waals surface area contributed by atoms with Gasteiger partial charge < -0.3 is 10.8 Å². The minimum atomic E-state index is -1.38. The summed E-state index contributed by atoms with van der Waals surface area (Å²) >= 11 is 12.1. The first-order valence-electron chi connectivity index (χ1n) is 4.86. The van der Waals surface area contributed by atoms with Gasteiger partial charge in [-0.25, -0.2) is 0 Å². The highest BCUT2D eigenvalue weighted by atomic mass is 35.5. The van der Waals surface area contributed by atoms with Crippen molar-refractivity contribution in [3.8, 4) is 0 Å². The quantitative estimate of drug-likeness (QED) is 0.595. The van der Waals surface area contributed by atoms with E-state index in [0.29, 0.717) is 10.6 Å². The molecule has 1 atom stereocenters. The smallest absolute Gasteiger partial charge is 0.175 e. The summed E-state index contributed by atoms with van der Waals surface area (Å²) in [4.78, 5) is -1.38. The van der Waals surface area contributed by atoms with Gasteiger partial charge in [0.25, 0.3) is 0 Å². The largest absolute Gasteiger partial charge is 0.509 e. The summed E-state index contributed by atoms with van der Waals surface area (Å²) in [5.74, 6) is -0.0704. The second-order valence-electron chi connectivity index (χ2n) is 3.68. The van der Waals surface area contributed by atoms with Gasteiger partial charge in [0, 0.05) is 10.6 Å². The number of rotatable bonds is 2. The standard InChI is InChI=1S/C11H15Cl2NO.ClH/c1-3-4-7(2)10-8(12)5-6-9(15)11(10,13)14;/h5-6,15H,3-4,14H2,1-2H3;1H. The first-order chi connectivity index (χ1) is 6.91. The monoisotopic (exact) mass is 283 g/mol. The number of alkyl halides is 1. The number of hydrogen-bond donors (Lipinski definition) is 2. The van der Waals surface area contributed by atoms with Crippen molar-refractivity contribution < 1.29 is 5.11 Å². The number of hydrogen-bond acceptors (Lipinski definition) is 2. The summed E-state index contributed by atoms with van der Waals surface area (Å²) in [6, 6.07) is 0. The van der Waals surface area contributed by atoms with Gasteiger partial charge in [-0.05, 0) is 25.5 Å². The molecule has 0 saturated carbocycles. The van der Waals surface area contributed by atoms with Crippen molar-refractivity contribution in [1.29, 1.82) is 0 Å². The third kappa shape index (κ3) is 2.95. The highest BCUT2D eigenvalue weighted by molar-refractivity contribution is 6.36. The zero-order valence-corrected chi connectivity index (χ0v) is 11.6. The van der Waals surface area contributed by atoms with Crippen LogP contribution in [0.2, 0.25) is 0 Å². The number of halogens is 3. The molecule has 0 aromatic carbocycles. The normalized spacial score (nSPS) is 27.8. The van der Waals surface area contributed by atoms with Crippen LogP contribution in [0.4, 0.5) is 0 Å². The van der Waals surface area contributed by atoms with E-state index in [4.69, 9.17) is 28.9 Å². The van der Waals surface area contributed by atoms with Gasteiger partial charge in [-0.3, -0.25) is 0 Å². The molecule has 0 fully saturated rings. The van der Waals surface area contributed by atoms with E-state index in [-0.39, 0.29) is 18.2 Å². The molecule has 0 spiro atoms. The summed E-state index contributed by atoms with van der Waals surface area (Å²) in [5, 5.41) is 10.1. The fourth-order valence-corrected chi connectivity index (χ4v) is 2.42. The second kappa shape index (κ2) is 5.97. The lowest BCUT2D eigenvalue weighted by atomic mass is 9.93. The Morgan fingerprint density at radius 3 is 2.56 bits per heavy atom. The SMILES string of the molecule is CCCC(C)=C1C(Cl)=CC=C(O)C1(N)Cl.Cl. The Kier molecular flexibility index (Phi) is 5.91. The molecule has 0 amide bonds. The lowest BCUT2D eigenvalue weighted by molar-refractivity contribution is 0.363. The van der Waals surface area contributed by atoms with Gasteiger partial charge in [0.2, 0.25) is 0 Å². The van der Waals surface area contributed by atoms with Crippen LogP contribution >= 0.6 is 35.6 Å². The molecular weight excluding hydrogens is 268 g/mol. The fourth-order valence-electron chi connectivity index (χ4n) is 1.67. The summed E-state index contributed by atoms with van der Waals surface area (Å²) in [7, 11) is 0. The average Bonchev–Trinajstić information content (AvgIpc) is 2.12. The van der Waals surface area contributed by atoms with Crippen LogP contribution in [0.3, 0.4) is 0 Å². The zero-order chi connectivity index (χ0) is 11.6. The molecule has 1 aliphatic rings. The van der Waals surface area contributed by atoms with Crippen molar-refractivity contribution in [2.75, 3.05) is 0 Å². The van der Waals surface area contributed by atoms with E-state index in [2.05, 4.69) is 6.92 Å². The van der Waals surface area contributed by atoms with Gasteiger partial charge >= 0.3 is 0 Å². The molecule has 0 bridgehead atoms.